The molecule has 1 aromatic rings. The second kappa shape index (κ2) is 5.97. The molecule has 100 valence electrons. The largest absolute Gasteiger partial charge is 0.497 e. The number of anilines is 1. The number of nitrogens with one attached hydrogen (secondary N) is 1. The maximum Gasteiger partial charge on any atom is 0.321 e. The average Bonchev–Trinajstić information content (AvgIpc) is 2.88. The number of benzene rings is 1. The van der Waals surface area contributed by atoms with Crippen LogP contribution in [0.15, 0.2) is 29.4 Å². The number of urea groups is 1. The second-order valence-corrected chi connectivity index (χ2v) is 4.26. The van der Waals surface area contributed by atoms with Gasteiger partial charge in [-0.25, -0.2) is 4.79 Å². The van der Waals surface area contributed by atoms with Crippen molar-refractivity contribution in [2.45, 2.75) is 12.5 Å². The van der Waals surface area contributed by atoms with E-state index in [1.165, 1.54) is 0 Å². The molecule has 1 unspecified atom stereocenters. The summed E-state index contributed by atoms with van der Waals surface area (Å²) in [6, 6.07) is 6.84. The van der Waals surface area contributed by atoms with Crippen molar-refractivity contribution < 1.29 is 9.53 Å². The highest BCUT2D eigenvalue weighted by Gasteiger charge is 2.25. The van der Waals surface area contributed by atoms with Crippen molar-refractivity contribution in [1.82, 2.24) is 4.90 Å². The molecule has 0 radical (unpaired) electrons. The van der Waals surface area contributed by atoms with Crippen LogP contribution in [0.4, 0.5) is 10.5 Å². The Kier molecular flexibility index (Phi) is 4.10. The van der Waals surface area contributed by atoms with Gasteiger partial charge < -0.3 is 15.0 Å². The third-order valence-electron chi connectivity index (χ3n) is 2.99. The number of ether oxygens (including phenoxy) is 1. The van der Waals surface area contributed by atoms with Gasteiger partial charge in [0.05, 0.1) is 13.2 Å². The van der Waals surface area contributed by atoms with Gasteiger partial charge in [0, 0.05) is 29.8 Å². The lowest BCUT2D eigenvalue weighted by Crippen LogP contribution is -2.33. The summed E-state index contributed by atoms with van der Waals surface area (Å²) >= 11 is 0. The van der Waals surface area contributed by atoms with Crippen LogP contribution in [0.2, 0.25) is 0 Å². The summed E-state index contributed by atoms with van der Waals surface area (Å²) in [5.41, 5.74) is 9.05. The first-order chi connectivity index (χ1) is 9.22. The predicted octanol–water partition coefficient (Wildman–Crippen LogP) is 2.61. The van der Waals surface area contributed by atoms with Gasteiger partial charge in [-0.1, -0.05) is 11.2 Å². The Hall–Kier alpha value is -2.40. The van der Waals surface area contributed by atoms with Crippen LogP contribution in [0.25, 0.3) is 10.4 Å². The molecule has 1 aromatic carbocycles. The summed E-state index contributed by atoms with van der Waals surface area (Å²) in [5, 5.41) is 6.42. The van der Waals surface area contributed by atoms with E-state index in [9.17, 15) is 4.79 Å². The first-order valence-corrected chi connectivity index (χ1v) is 5.97. The topological polar surface area (TPSA) is 90.3 Å². The summed E-state index contributed by atoms with van der Waals surface area (Å²) in [4.78, 5) is 16.4. The molecular weight excluding hydrogens is 246 g/mol. The van der Waals surface area contributed by atoms with E-state index in [-0.39, 0.29) is 12.1 Å². The van der Waals surface area contributed by atoms with Crippen LogP contribution in [0, 0.1) is 0 Å². The third-order valence-corrected chi connectivity index (χ3v) is 2.99. The highest BCUT2D eigenvalue weighted by atomic mass is 16.5. The van der Waals surface area contributed by atoms with Gasteiger partial charge >= 0.3 is 6.03 Å². The summed E-state index contributed by atoms with van der Waals surface area (Å²) in [6.07, 6.45) is 0.704. The van der Waals surface area contributed by atoms with Gasteiger partial charge in [0.15, 0.2) is 0 Å². The number of hydrogen-bond acceptors (Lipinski definition) is 3. The number of carbonyl (C=O) groups is 1. The van der Waals surface area contributed by atoms with Crippen molar-refractivity contribution in [3.05, 3.63) is 34.7 Å². The number of carbonyl (C=O) groups excluding carboxylic acids is 1. The minimum atomic E-state index is -0.191. The third kappa shape index (κ3) is 3.29. The highest BCUT2D eigenvalue weighted by Crippen LogP contribution is 2.19. The monoisotopic (exact) mass is 261 g/mol. The van der Waals surface area contributed by atoms with Gasteiger partial charge in [0.25, 0.3) is 0 Å². The summed E-state index contributed by atoms with van der Waals surface area (Å²) in [7, 11) is 1.58. The number of methoxy groups -OCH3 is 1. The lowest BCUT2D eigenvalue weighted by atomic mass is 10.3. The zero-order valence-corrected chi connectivity index (χ0v) is 10.6. The molecule has 7 nitrogen and oxygen atoms in total. The SMILES string of the molecule is COc1cccc(NC(=O)N2CCC(N=[N+]=[N-])C2)c1. The molecule has 1 atom stereocenters. The van der Waals surface area contributed by atoms with Gasteiger partial charge in [-0.15, -0.1) is 0 Å². The number of nitrogens with zero attached hydrogens (tertiary/aromatic N) is 4. The van der Waals surface area contributed by atoms with Crippen LogP contribution in [-0.2, 0) is 0 Å². The Morgan fingerprint density at radius 3 is 3.21 bits per heavy atom. The molecule has 1 heterocycles. The molecule has 1 aliphatic heterocycles. The highest BCUT2D eigenvalue weighted by molar-refractivity contribution is 5.89. The molecule has 1 saturated heterocycles. The summed E-state index contributed by atoms with van der Waals surface area (Å²) < 4.78 is 5.09. The van der Waals surface area contributed by atoms with E-state index >= 15 is 0 Å². The van der Waals surface area contributed by atoms with E-state index in [1.54, 1.807) is 30.2 Å². The van der Waals surface area contributed by atoms with Gasteiger partial charge in [0.1, 0.15) is 5.75 Å². The van der Waals surface area contributed by atoms with Crippen molar-refractivity contribution in [1.29, 1.82) is 0 Å². The maximum absolute atomic E-state index is 12.0. The summed E-state index contributed by atoms with van der Waals surface area (Å²) in [5.74, 6) is 0.686. The van der Waals surface area contributed by atoms with Crippen molar-refractivity contribution in [3.8, 4) is 5.75 Å². The van der Waals surface area contributed by atoms with Crippen molar-refractivity contribution in [3.63, 3.8) is 0 Å². The quantitative estimate of drug-likeness (QED) is 0.514. The first kappa shape index (κ1) is 13.0. The number of amides is 2. The molecule has 0 bridgehead atoms. The molecule has 1 N–H and O–H groups in total. The van der Waals surface area contributed by atoms with Crippen molar-refractivity contribution >= 4 is 11.7 Å². The molecule has 0 spiro atoms. The zero-order valence-electron chi connectivity index (χ0n) is 10.6. The molecule has 19 heavy (non-hydrogen) atoms. The molecule has 2 amide bonds. The molecule has 1 fully saturated rings. The molecule has 1 aliphatic rings. The lowest BCUT2D eigenvalue weighted by Gasteiger charge is -2.16. The number of azide groups is 1. The van der Waals surface area contributed by atoms with E-state index in [0.29, 0.717) is 30.9 Å². The van der Waals surface area contributed by atoms with Crippen molar-refractivity contribution in [2.24, 2.45) is 5.11 Å². The van der Waals surface area contributed by atoms with Crippen LogP contribution in [-0.4, -0.2) is 37.2 Å². The normalized spacial score (nSPS) is 17.7. The Morgan fingerprint density at radius 2 is 2.47 bits per heavy atom. The van der Waals surface area contributed by atoms with Crippen LogP contribution < -0.4 is 10.1 Å². The fraction of sp³-hybridized carbons (Fsp3) is 0.417. The van der Waals surface area contributed by atoms with E-state index in [0.717, 1.165) is 0 Å². The average molecular weight is 261 g/mol. The maximum atomic E-state index is 12.0. The van der Waals surface area contributed by atoms with Crippen LogP contribution >= 0.6 is 0 Å². The molecule has 0 saturated carbocycles. The van der Waals surface area contributed by atoms with Crippen molar-refractivity contribution in [2.75, 3.05) is 25.5 Å². The van der Waals surface area contributed by atoms with E-state index in [4.69, 9.17) is 10.3 Å². The Morgan fingerprint density at radius 1 is 1.63 bits per heavy atom. The lowest BCUT2D eigenvalue weighted by molar-refractivity contribution is 0.222. The van der Waals surface area contributed by atoms with Gasteiger partial charge in [-0.3, -0.25) is 0 Å². The van der Waals surface area contributed by atoms with Crippen LogP contribution in [0.5, 0.6) is 5.75 Å². The van der Waals surface area contributed by atoms with Crippen LogP contribution in [0.3, 0.4) is 0 Å². The number of rotatable bonds is 3. The minimum Gasteiger partial charge on any atom is -0.497 e. The fourth-order valence-corrected chi connectivity index (χ4v) is 2.00. The Balaban J connectivity index is 1.96. The molecule has 7 heteroatoms. The summed E-state index contributed by atoms with van der Waals surface area (Å²) in [6.45, 7) is 1.05. The molecule has 0 aromatic heterocycles. The minimum absolute atomic E-state index is 0.124. The first-order valence-electron chi connectivity index (χ1n) is 5.97. The molecule has 2 rings (SSSR count). The van der Waals surface area contributed by atoms with Gasteiger partial charge in [-0.05, 0) is 24.1 Å². The number of likely N-dealkylation sites (tertiary alicyclic amines) is 1. The smallest absolute Gasteiger partial charge is 0.321 e. The second-order valence-electron chi connectivity index (χ2n) is 4.26. The zero-order chi connectivity index (χ0) is 13.7. The van der Waals surface area contributed by atoms with E-state index in [2.05, 4.69) is 15.3 Å². The van der Waals surface area contributed by atoms with Crippen LogP contribution in [0.1, 0.15) is 6.42 Å². The Bertz CT molecular complexity index is 513. The predicted molar refractivity (Wildman–Crippen MR) is 71.1 cm³/mol. The van der Waals surface area contributed by atoms with E-state index in [1.807, 2.05) is 6.07 Å². The Labute approximate surface area is 110 Å². The molecular formula is C12H15N5O2. The molecule has 0 aliphatic carbocycles. The number of hydrogen-bond donors (Lipinski definition) is 1. The fourth-order valence-electron chi connectivity index (χ4n) is 2.00. The van der Waals surface area contributed by atoms with Gasteiger partial charge in [0.2, 0.25) is 0 Å². The van der Waals surface area contributed by atoms with E-state index < -0.39 is 0 Å². The standard InChI is InChI=1S/C12H15N5O2/c1-19-11-4-2-3-9(7-11)14-12(18)17-6-5-10(8-17)15-16-13/h2-4,7,10H,5-6,8H2,1H3,(H,14,18). The van der Waals surface area contributed by atoms with Gasteiger partial charge in [-0.2, -0.15) is 0 Å².